The second-order valence-corrected chi connectivity index (χ2v) is 9.73. The van der Waals surface area contributed by atoms with Crippen molar-refractivity contribution in [1.82, 2.24) is 10.2 Å². The molecule has 0 radical (unpaired) electrons. The van der Waals surface area contributed by atoms with E-state index < -0.39 is 0 Å². The van der Waals surface area contributed by atoms with E-state index in [1.807, 2.05) is 32.9 Å². The van der Waals surface area contributed by atoms with E-state index in [-0.39, 0.29) is 36.4 Å². The topological polar surface area (TPSA) is 106 Å². The van der Waals surface area contributed by atoms with Crippen LogP contribution >= 0.6 is 0 Å². The van der Waals surface area contributed by atoms with Crippen LogP contribution in [0.15, 0.2) is 47.5 Å². The first-order valence-corrected chi connectivity index (χ1v) is 14.6. The molecule has 2 aromatic carbocycles. The Morgan fingerprint density at radius 1 is 1.10 bits per heavy atom. The Morgan fingerprint density at radius 2 is 1.88 bits per heavy atom. The van der Waals surface area contributed by atoms with Crippen LogP contribution in [-0.4, -0.2) is 41.9 Å². The lowest BCUT2D eigenvalue weighted by molar-refractivity contribution is -0.128. The fourth-order valence-electron chi connectivity index (χ4n) is 4.80. The number of amides is 2. The lowest BCUT2D eigenvalue weighted by atomic mass is 9.97. The molecule has 0 fully saturated rings. The maximum absolute atomic E-state index is 13.3. The van der Waals surface area contributed by atoms with Gasteiger partial charge in [-0.2, -0.15) is 0 Å². The number of fused-ring (bicyclic) bond motifs is 4. The molecule has 0 spiro atoms. The highest BCUT2D eigenvalue weighted by molar-refractivity contribution is 5.99. The number of nitrogens with zero attached hydrogens (tertiary/aromatic N) is 2. The zero-order valence-electron chi connectivity index (χ0n) is 24.5. The van der Waals surface area contributed by atoms with Crippen LogP contribution in [0, 0.1) is 0 Å². The molecule has 2 amide bonds. The molecule has 2 atom stereocenters. The van der Waals surface area contributed by atoms with Gasteiger partial charge in [0.05, 0.1) is 31.8 Å². The molecule has 6 rings (SSSR count). The molecule has 0 saturated carbocycles. The molecule has 2 unspecified atom stereocenters. The van der Waals surface area contributed by atoms with Crippen LogP contribution in [0.2, 0.25) is 0 Å². The van der Waals surface area contributed by atoms with Gasteiger partial charge in [-0.3, -0.25) is 14.5 Å². The van der Waals surface area contributed by atoms with Gasteiger partial charge >= 0.3 is 0 Å². The smallest absolute Gasteiger partial charge is 0.251 e. The third-order valence-corrected chi connectivity index (χ3v) is 6.61. The largest absolute Gasteiger partial charge is 0.494 e. The van der Waals surface area contributed by atoms with Crippen LogP contribution in [0.1, 0.15) is 99.8 Å². The molecule has 3 N–H and O–H groups in total. The highest BCUT2D eigenvalue weighted by Crippen LogP contribution is 2.34. The lowest BCUT2D eigenvalue weighted by Gasteiger charge is -2.30. The van der Waals surface area contributed by atoms with Crippen molar-refractivity contribution in [3.05, 3.63) is 64.7 Å². The molecule has 2 aromatic rings. The molecule has 4 aliphatic rings. The monoisotopic (exact) mass is 548 g/mol. The number of hydrogen-bond acceptors (Lipinski definition) is 6. The molecule has 4 aliphatic heterocycles. The first-order chi connectivity index (χ1) is 19.4. The standard InChI is InChI=1S/C27H30N4O4.C3H8.C2H6/c1-2-34-23-10-8-18-14-19(23)16-31-25(32)15-20(29-27(31)28)6-4-3-5-17-7-9-24-21(13-17)22(11-12-35-24)30-26(18)33;1-3-2;1-2/h3,5,7-10,13-14,20,22H,2,4,6,11-12,15-16H2,1H3,(H2,28,29)(H,30,33);3H2,1-2H3;1-2H3/b5-3-;;. The Bertz CT molecular complexity index is 1220. The molecule has 0 aliphatic carbocycles. The minimum Gasteiger partial charge on any atom is -0.494 e. The summed E-state index contributed by atoms with van der Waals surface area (Å²) >= 11 is 0. The van der Waals surface area contributed by atoms with E-state index in [0.717, 1.165) is 29.7 Å². The maximum Gasteiger partial charge on any atom is 0.251 e. The normalized spacial score (nSPS) is 20.6. The average molecular weight is 549 g/mol. The van der Waals surface area contributed by atoms with Crippen LogP contribution in [-0.2, 0) is 11.3 Å². The van der Waals surface area contributed by atoms with Crippen molar-refractivity contribution in [3.63, 3.8) is 0 Å². The number of ether oxygens (including phenoxy) is 2. The van der Waals surface area contributed by atoms with Gasteiger partial charge in [-0.25, -0.2) is 4.99 Å². The first kappa shape index (κ1) is 30.7. The van der Waals surface area contributed by atoms with E-state index in [2.05, 4.69) is 42.4 Å². The minimum atomic E-state index is -0.194. The number of nitrogens with two attached hydrogens (primary N) is 1. The van der Waals surface area contributed by atoms with Crippen molar-refractivity contribution in [2.24, 2.45) is 10.7 Å². The number of guanidine groups is 1. The second-order valence-electron chi connectivity index (χ2n) is 9.73. The highest BCUT2D eigenvalue weighted by atomic mass is 16.5. The van der Waals surface area contributed by atoms with Crippen molar-refractivity contribution in [2.45, 2.75) is 85.4 Å². The van der Waals surface area contributed by atoms with Gasteiger partial charge in [-0.15, -0.1) is 0 Å². The van der Waals surface area contributed by atoms with E-state index in [4.69, 9.17) is 15.2 Å². The number of allylic oxidation sites excluding steroid dienone is 1. The van der Waals surface area contributed by atoms with Gasteiger partial charge in [-0.05, 0) is 55.7 Å². The van der Waals surface area contributed by atoms with Crippen LogP contribution in [0.25, 0.3) is 6.08 Å². The van der Waals surface area contributed by atoms with Gasteiger partial charge in [0.2, 0.25) is 5.91 Å². The third-order valence-electron chi connectivity index (χ3n) is 6.61. The van der Waals surface area contributed by atoms with Crippen LogP contribution < -0.4 is 20.5 Å². The number of carbonyl (C=O) groups excluding carboxylic acids is 2. The Hall–Kier alpha value is -3.81. The van der Waals surface area contributed by atoms with E-state index in [1.165, 1.54) is 11.3 Å². The summed E-state index contributed by atoms with van der Waals surface area (Å²) in [6.45, 7) is 11.3. The summed E-state index contributed by atoms with van der Waals surface area (Å²) in [5.41, 5.74) is 9.44. The van der Waals surface area contributed by atoms with Gasteiger partial charge in [0.25, 0.3) is 5.91 Å². The Kier molecular flexibility index (Phi) is 11.6. The third kappa shape index (κ3) is 7.64. The Labute approximate surface area is 238 Å². The van der Waals surface area contributed by atoms with Gasteiger partial charge in [0, 0.05) is 29.5 Å². The molecule has 0 saturated heterocycles. The maximum atomic E-state index is 13.3. The summed E-state index contributed by atoms with van der Waals surface area (Å²) in [7, 11) is 0. The molecule has 0 aromatic heterocycles. The average Bonchev–Trinajstić information content (AvgIpc) is 2.95. The summed E-state index contributed by atoms with van der Waals surface area (Å²) < 4.78 is 11.6. The number of benzene rings is 2. The van der Waals surface area contributed by atoms with E-state index >= 15 is 0 Å². The second kappa shape index (κ2) is 15.1. The number of hydrogen-bond donors (Lipinski definition) is 2. The Morgan fingerprint density at radius 3 is 2.60 bits per heavy atom. The summed E-state index contributed by atoms with van der Waals surface area (Å²) in [4.78, 5) is 32.3. The van der Waals surface area contributed by atoms with Crippen LogP contribution in [0.5, 0.6) is 11.5 Å². The van der Waals surface area contributed by atoms with Crippen LogP contribution in [0.4, 0.5) is 0 Å². The SMILES string of the molecule is CC.CCC.CCOc1ccc2cc1CN1C(=O)CC(CC/C=C\c3ccc4c(c3)C(CCO4)NC2=O)N=C1N. The molecule has 216 valence electrons. The predicted molar refractivity (Wildman–Crippen MR) is 161 cm³/mol. The van der Waals surface area contributed by atoms with Gasteiger partial charge in [0.1, 0.15) is 11.5 Å². The molecule has 8 nitrogen and oxygen atoms in total. The number of rotatable bonds is 2. The molecule has 4 heterocycles. The zero-order valence-corrected chi connectivity index (χ0v) is 24.5. The van der Waals surface area contributed by atoms with Crippen molar-refractivity contribution >= 4 is 23.8 Å². The van der Waals surface area contributed by atoms with Crippen molar-refractivity contribution < 1.29 is 19.1 Å². The van der Waals surface area contributed by atoms with E-state index in [1.54, 1.807) is 18.2 Å². The van der Waals surface area contributed by atoms with Gasteiger partial charge in [0.15, 0.2) is 5.96 Å². The zero-order chi connectivity index (χ0) is 29.1. The lowest BCUT2D eigenvalue weighted by Crippen LogP contribution is -2.46. The Balaban J connectivity index is 0.000000827. The minimum absolute atomic E-state index is 0.0765. The van der Waals surface area contributed by atoms with Gasteiger partial charge in [-0.1, -0.05) is 52.3 Å². The summed E-state index contributed by atoms with van der Waals surface area (Å²) in [6.07, 6.45) is 7.90. The van der Waals surface area contributed by atoms with Crippen molar-refractivity contribution in [1.29, 1.82) is 0 Å². The van der Waals surface area contributed by atoms with Gasteiger partial charge < -0.3 is 20.5 Å². The summed E-state index contributed by atoms with van der Waals surface area (Å²) in [5, 5.41) is 3.17. The number of aliphatic imine (C=N–C) groups is 1. The molecular formula is C32H44N4O4. The molecular weight excluding hydrogens is 504 g/mol. The summed E-state index contributed by atoms with van der Waals surface area (Å²) in [5.74, 6) is 1.35. The fraction of sp³-hybridized carbons (Fsp3) is 0.469. The molecule has 8 heteroatoms. The van der Waals surface area contributed by atoms with Crippen molar-refractivity contribution in [2.75, 3.05) is 13.2 Å². The predicted octanol–water partition coefficient (Wildman–Crippen LogP) is 6.00. The summed E-state index contributed by atoms with van der Waals surface area (Å²) in [6, 6.07) is 11.0. The van der Waals surface area contributed by atoms with Crippen LogP contribution in [0.3, 0.4) is 0 Å². The molecule has 40 heavy (non-hydrogen) atoms. The number of nitrogens with one attached hydrogen (secondary N) is 1. The fourth-order valence-corrected chi connectivity index (χ4v) is 4.80. The first-order valence-electron chi connectivity index (χ1n) is 14.6. The molecule has 6 bridgehead atoms. The van der Waals surface area contributed by atoms with E-state index in [9.17, 15) is 9.59 Å². The van der Waals surface area contributed by atoms with E-state index in [0.29, 0.717) is 42.9 Å². The van der Waals surface area contributed by atoms with Crippen molar-refractivity contribution in [3.8, 4) is 11.5 Å². The number of carbonyl (C=O) groups is 2. The highest BCUT2D eigenvalue weighted by Gasteiger charge is 2.29. The quantitative estimate of drug-likeness (QED) is 0.478.